The van der Waals surface area contributed by atoms with Crippen LogP contribution in [0.5, 0.6) is 0 Å². The Bertz CT molecular complexity index is 337. The second-order valence-corrected chi connectivity index (χ2v) is 6.05. The molecule has 2 aliphatic rings. The average Bonchev–Trinajstić information content (AvgIpc) is 2.77. The number of thioether (sulfide) groups is 1. The summed E-state index contributed by atoms with van der Waals surface area (Å²) in [5.41, 5.74) is 0. The van der Waals surface area contributed by atoms with E-state index in [-0.39, 0.29) is 22.7 Å². The van der Waals surface area contributed by atoms with Gasteiger partial charge in [0, 0.05) is 25.8 Å². The summed E-state index contributed by atoms with van der Waals surface area (Å²) in [7, 11) is 1.60. The van der Waals surface area contributed by atoms with Crippen molar-refractivity contribution in [3.63, 3.8) is 0 Å². The summed E-state index contributed by atoms with van der Waals surface area (Å²) in [6.07, 6.45) is 1.41. The van der Waals surface area contributed by atoms with Crippen LogP contribution in [0, 0.1) is 0 Å². The second-order valence-electron chi connectivity index (χ2n) is 4.55. The Morgan fingerprint density at radius 3 is 3.18 bits per heavy atom. The number of nitrogens with zero attached hydrogens (tertiary/aromatic N) is 1. The number of hydrogen-bond acceptors (Lipinski definition) is 4. The fourth-order valence-electron chi connectivity index (χ4n) is 2.41. The maximum absolute atomic E-state index is 12.0. The van der Waals surface area contributed by atoms with Gasteiger partial charge in [0.15, 0.2) is 0 Å². The minimum absolute atomic E-state index is 0.0616. The monoisotopic (exact) mass is 258 g/mol. The van der Waals surface area contributed by atoms with E-state index < -0.39 is 0 Å². The molecule has 0 bridgehead atoms. The van der Waals surface area contributed by atoms with E-state index in [1.807, 2.05) is 6.92 Å². The Morgan fingerprint density at radius 1 is 1.71 bits per heavy atom. The molecule has 2 atom stereocenters. The fourth-order valence-corrected chi connectivity index (χ4v) is 3.84. The van der Waals surface area contributed by atoms with Crippen molar-refractivity contribution in [1.29, 1.82) is 0 Å². The molecule has 5 nitrogen and oxygen atoms in total. The Labute approximate surface area is 105 Å². The number of ether oxygens (including phenoxy) is 1. The topological polar surface area (TPSA) is 58.6 Å². The van der Waals surface area contributed by atoms with Gasteiger partial charge in [0.2, 0.25) is 11.8 Å². The summed E-state index contributed by atoms with van der Waals surface area (Å²) in [5, 5.41) is 2.80. The van der Waals surface area contributed by atoms with Crippen molar-refractivity contribution >= 4 is 23.6 Å². The summed E-state index contributed by atoms with van der Waals surface area (Å²) in [6, 6.07) is -0.308. The van der Waals surface area contributed by atoms with Crippen molar-refractivity contribution in [2.45, 2.75) is 30.7 Å². The van der Waals surface area contributed by atoms with Gasteiger partial charge in [0.25, 0.3) is 0 Å². The highest BCUT2D eigenvalue weighted by Gasteiger charge is 2.52. The summed E-state index contributed by atoms with van der Waals surface area (Å²) < 4.78 is 4.88. The third-order valence-corrected chi connectivity index (χ3v) is 4.86. The molecule has 2 saturated heterocycles. The molecule has 96 valence electrons. The third kappa shape index (κ3) is 2.28. The van der Waals surface area contributed by atoms with Crippen LogP contribution in [0.3, 0.4) is 0 Å². The number of amides is 2. The first-order valence-electron chi connectivity index (χ1n) is 5.81. The van der Waals surface area contributed by atoms with Gasteiger partial charge in [-0.1, -0.05) is 0 Å². The molecular weight excluding hydrogens is 240 g/mol. The molecule has 0 spiro atoms. The molecule has 1 N–H and O–H groups in total. The van der Waals surface area contributed by atoms with Gasteiger partial charge in [-0.2, -0.15) is 0 Å². The quantitative estimate of drug-likeness (QED) is 0.732. The normalized spacial score (nSPS) is 31.8. The van der Waals surface area contributed by atoms with Gasteiger partial charge in [-0.3, -0.25) is 9.59 Å². The highest BCUT2D eigenvalue weighted by Crippen LogP contribution is 2.47. The summed E-state index contributed by atoms with van der Waals surface area (Å²) in [4.78, 5) is 25.4. The summed E-state index contributed by atoms with van der Waals surface area (Å²) >= 11 is 1.71. The molecule has 2 amide bonds. The molecular formula is C11H18N2O3S. The van der Waals surface area contributed by atoms with E-state index in [1.54, 1.807) is 23.8 Å². The van der Waals surface area contributed by atoms with Crippen LogP contribution in [-0.4, -0.2) is 53.6 Å². The summed E-state index contributed by atoms with van der Waals surface area (Å²) in [5.74, 6) is 0.735. The first kappa shape index (κ1) is 12.7. The highest BCUT2D eigenvalue weighted by atomic mass is 32.2. The summed E-state index contributed by atoms with van der Waals surface area (Å²) in [6.45, 7) is 3.04. The van der Waals surface area contributed by atoms with E-state index in [4.69, 9.17) is 4.74 Å². The Kier molecular flexibility index (Phi) is 3.63. The van der Waals surface area contributed by atoms with Gasteiger partial charge in [-0.25, -0.2) is 0 Å². The molecule has 6 heteroatoms. The number of nitrogens with one attached hydrogen (secondary N) is 1. The number of hydrogen-bond donors (Lipinski definition) is 1. The number of carbonyl (C=O) groups is 2. The van der Waals surface area contributed by atoms with Crippen LogP contribution in [-0.2, 0) is 14.3 Å². The van der Waals surface area contributed by atoms with E-state index in [0.29, 0.717) is 25.3 Å². The number of carbonyl (C=O) groups excluding carboxylic acids is 2. The van der Waals surface area contributed by atoms with Crippen molar-refractivity contribution in [3.05, 3.63) is 0 Å². The van der Waals surface area contributed by atoms with E-state index in [9.17, 15) is 9.59 Å². The molecule has 2 heterocycles. The number of methoxy groups -OCH3 is 1. The first-order chi connectivity index (χ1) is 8.08. The van der Waals surface area contributed by atoms with Crippen molar-refractivity contribution in [2.24, 2.45) is 0 Å². The smallest absolute Gasteiger partial charge is 0.243 e. The molecule has 2 fully saturated rings. The molecule has 0 radical (unpaired) electrons. The minimum atomic E-state index is -0.308. The minimum Gasteiger partial charge on any atom is -0.383 e. The van der Waals surface area contributed by atoms with Crippen LogP contribution in [0.1, 0.15) is 19.8 Å². The van der Waals surface area contributed by atoms with Crippen molar-refractivity contribution in [2.75, 3.05) is 26.0 Å². The largest absolute Gasteiger partial charge is 0.383 e. The standard InChI is InChI=1S/C11H18N2O3S/c1-11-4-3-9(14)13(11)8(7-17-11)10(15)12-5-6-16-2/h8H,3-7H2,1-2H3,(H,12,15)/t8-,11+/m0/s1. The highest BCUT2D eigenvalue weighted by molar-refractivity contribution is 8.01. The van der Waals surface area contributed by atoms with E-state index in [1.165, 1.54) is 0 Å². The van der Waals surface area contributed by atoms with E-state index in [0.717, 1.165) is 6.42 Å². The molecule has 0 aromatic heterocycles. The first-order valence-corrected chi connectivity index (χ1v) is 6.80. The zero-order valence-corrected chi connectivity index (χ0v) is 11.0. The molecule has 0 saturated carbocycles. The predicted molar refractivity (Wildman–Crippen MR) is 65.6 cm³/mol. The maximum atomic E-state index is 12.0. The van der Waals surface area contributed by atoms with Crippen LogP contribution in [0.2, 0.25) is 0 Å². The predicted octanol–water partition coefficient (Wildman–Crippen LogP) is 0.203. The van der Waals surface area contributed by atoms with E-state index >= 15 is 0 Å². The Balaban J connectivity index is 1.98. The third-order valence-electron chi connectivity index (χ3n) is 3.35. The lowest BCUT2D eigenvalue weighted by Crippen LogP contribution is -2.50. The Hall–Kier alpha value is -0.750. The van der Waals surface area contributed by atoms with Gasteiger partial charge in [-0.05, 0) is 13.3 Å². The van der Waals surface area contributed by atoms with E-state index in [2.05, 4.69) is 5.32 Å². The van der Waals surface area contributed by atoms with Crippen molar-refractivity contribution < 1.29 is 14.3 Å². The van der Waals surface area contributed by atoms with Crippen LogP contribution in [0.25, 0.3) is 0 Å². The van der Waals surface area contributed by atoms with Crippen LogP contribution < -0.4 is 5.32 Å². The van der Waals surface area contributed by atoms with Gasteiger partial charge >= 0.3 is 0 Å². The molecule has 0 aliphatic carbocycles. The Morgan fingerprint density at radius 2 is 2.47 bits per heavy atom. The lowest BCUT2D eigenvalue weighted by Gasteiger charge is -2.29. The SMILES string of the molecule is COCCNC(=O)[C@@H]1CS[C@]2(C)CCC(=O)N12. The molecule has 0 aromatic rings. The van der Waals surface area contributed by atoms with Crippen molar-refractivity contribution in [1.82, 2.24) is 10.2 Å². The van der Waals surface area contributed by atoms with Gasteiger partial charge in [-0.15, -0.1) is 11.8 Å². The van der Waals surface area contributed by atoms with Gasteiger partial charge in [0.1, 0.15) is 6.04 Å². The molecule has 2 aliphatic heterocycles. The van der Waals surface area contributed by atoms with Crippen LogP contribution >= 0.6 is 11.8 Å². The fraction of sp³-hybridized carbons (Fsp3) is 0.818. The zero-order valence-electron chi connectivity index (χ0n) is 10.2. The van der Waals surface area contributed by atoms with Gasteiger partial charge < -0.3 is 15.0 Å². The van der Waals surface area contributed by atoms with Gasteiger partial charge in [0.05, 0.1) is 11.5 Å². The molecule has 0 unspecified atom stereocenters. The molecule has 17 heavy (non-hydrogen) atoms. The average molecular weight is 258 g/mol. The molecule has 0 aromatic carbocycles. The van der Waals surface area contributed by atoms with Crippen LogP contribution in [0.15, 0.2) is 0 Å². The number of rotatable bonds is 4. The molecule has 2 rings (SSSR count). The maximum Gasteiger partial charge on any atom is 0.243 e. The van der Waals surface area contributed by atoms with Crippen LogP contribution in [0.4, 0.5) is 0 Å². The zero-order chi connectivity index (χ0) is 12.5. The lowest BCUT2D eigenvalue weighted by atomic mass is 10.2. The number of fused-ring (bicyclic) bond motifs is 1. The van der Waals surface area contributed by atoms with Crippen molar-refractivity contribution in [3.8, 4) is 0 Å². The lowest BCUT2D eigenvalue weighted by molar-refractivity contribution is -0.138. The second kappa shape index (κ2) is 4.86.